The molecule has 6 heteroatoms. The van der Waals surface area contributed by atoms with Gasteiger partial charge in [0.2, 0.25) is 5.91 Å². The van der Waals surface area contributed by atoms with Crippen molar-refractivity contribution in [3.05, 3.63) is 24.2 Å². The molecule has 0 radical (unpaired) electrons. The van der Waals surface area contributed by atoms with Crippen LogP contribution < -0.4 is 5.32 Å². The van der Waals surface area contributed by atoms with Gasteiger partial charge in [0.25, 0.3) is 5.91 Å². The first-order valence-corrected chi connectivity index (χ1v) is 5.97. The Labute approximate surface area is 106 Å². The second-order valence-electron chi connectivity index (χ2n) is 4.18. The molecule has 0 bridgehead atoms. The highest BCUT2D eigenvalue weighted by molar-refractivity contribution is 5.91. The average Bonchev–Trinajstić information content (AvgIpc) is 2.92. The van der Waals surface area contributed by atoms with Crippen LogP contribution >= 0.6 is 0 Å². The van der Waals surface area contributed by atoms with Crippen molar-refractivity contribution in [1.29, 1.82) is 0 Å². The molecule has 0 atom stereocenters. The summed E-state index contributed by atoms with van der Waals surface area (Å²) in [5.74, 6) is 0.313. The van der Waals surface area contributed by atoms with Crippen LogP contribution in [0.3, 0.4) is 0 Å². The van der Waals surface area contributed by atoms with Gasteiger partial charge in [-0.05, 0) is 19.2 Å². The molecule has 1 N–H and O–H groups in total. The van der Waals surface area contributed by atoms with Gasteiger partial charge in [-0.25, -0.2) is 0 Å². The monoisotopic (exact) mass is 251 g/mol. The molecule has 1 aliphatic rings. The molecule has 6 nitrogen and oxygen atoms in total. The minimum Gasteiger partial charge on any atom is -0.459 e. The van der Waals surface area contributed by atoms with Crippen molar-refractivity contribution in [1.82, 2.24) is 15.1 Å². The summed E-state index contributed by atoms with van der Waals surface area (Å²) < 4.78 is 5.08. The largest absolute Gasteiger partial charge is 0.459 e. The Balaban J connectivity index is 1.87. The fourth-order valence-corrected chi connectivity index (χ4v) is 1.98. The van der Waals surface area contributed by atoms with Gasteiger partial charge in [-0.3, -0.25) is 9.59 Å². The summed E-state index contributed by atoms with van der Waals surface area (Å²) in [5, 5.41) is 2.83. The molecular formula is C12H17N3O3. The molecule has 1 saturated heterocycles. The fourth-order valence-electron chi connectivity index (χ4n) is 1.98. The molecule has 98 valence electrons. The Kier molecular flexibility index (Phi) is 3.99. The second kappa shape index (κ2) is 5.68. The van der Waals surface area contributed by atoms with Crippen molar-refractivity contribution in [3.8, 4) is 0 Å². The van der Waals surface area contributed by atoms with Crippen molar-refractivity contribution < 1.29 is 14.0 Å². The lowest BCUT2D eigenvalue weighted by Crippen LogP contribution is -2.52. The van der Waals surface area contributed by atoms with Crippen LogP contribution in [0.1, 0.15) is 10.6 Å². The highest BCUT2D eigenvalue weighted by Crippen LogP contribution is 2.09. The number of nitrogens with one attached hydrogen (secondary N) is 1. The minimum atomic E-state index is -0.110. The maximum Gasteiger partial charge on any atom is 0.289 e. The third-order valence-corrected chi connectivity index (χ3v) is 2.98. The lowest BCUT2D eigenvalue weighted by atomic mass is 10.3. The third kappa shape index (κ3) is 2.70. The molecule has 2 rings (SSSR count). The number of likely N-dealkylation sites (N-methyl/N-ethyl adjacent to an activating group) is 1. The molecule has 2 amide bonds. The number of carbonyl (C=O) groups excluding carboxylic acids is 2. The number of piperazine rings is 1. The number of carbonyl (C=O) groups is 2. The van der Waals surface area contributed by atoms with E-state index in [9.17, 15) is 9.59 Å². The Hall–Kier alpha value is -1.82. The van der Waals surface area contributed by atoms with E-state index in [-0.39, 0.29) is 11.8 Å². The van der Waals surface area contributed by atoms with Crippen LogP contribution in [0.15, 0.2) is 22.8 Å². The van der Waals surface area contributed by atoms with Gasteiger partial charge in [0.05, 0.1) is 12.8 Å². The number of nitrogens with zero attached hydrogens (tertiary/aromatic N) is 2. The molecule has 2 heterocycles. The number of hydrogen-bond acceptors (Lipinski definition) is 4. The van der Waals surface area contributed by atoms with Gasteiger partial charge < -0.3 is 19.5 Å². The van der Waals surface area contributed by atoms with Crippen LogP contribution in [0, 0.1) is 0 Å². The molecule has 0 aliphatic carbocycles. The smallest absolute Gasteiger partial charge is 0.289 e. The Morgan fingerprint density at radius 2 is 1.94 bits per heavy atom. The molecule has 1 aliphatic heterocycles. The summed E-state index contributed by atoms with van der Waals surface area (Å²) in [6, 6.07) is 3.35. The van der Waals surface area contributed by atoms with Crippen LogP contribution in [0.5, 0.6) is 0 Å². The second-order valence-corrected chi connectivity index (χ2v) is 4.18. The Bertz CT molecular complexity index is 408. The van der Waals surface area contributed by atoms with Gasteiger partial charge in [-0.2, -0.15) is 0 Å². The SMILES string of the molecule is CNCC(=O)N1CCN(C(=O)c2ccco2)CC1. The summed E-state index contributed by atoms with van der Waals surface area (Å²) in [7, 11) is 1.74. The van der Waals surface area contributed by atoms with E-state index in [1.807, 2.05) is 0 Å². The number of amides is 2. The summed E-state index contributed by atoms with van der Waals surface area (Å²) in [6.45, 7) is 2.59. The molecule has 0 spiro atoms. The van der Waals surface area contributed by atoms with Crippen LogP contribution in [0.4, 0.5) is 0 Å². The summed E-state index contributed by atoms with van der Waals surface area (Å²) in [6.07, 6.45) is 1.49. The molecule has 0 unspecified atom stereocenters. The van der Waals surface area contributed by atoms with Crippen LogP contribution in [-0.2, 0) is 4.79 Å². The summed E-state index contributed by atoms with van der Waals surface area (Å²) >= 11 is 0. The molecule has 1 fully saturated rings. The van der Waals surface area contributed by atoms with Crippen molar-refractivity contribution in [3.63, 3.8) is 0 Å². The average molecular weight is 251 g/mol. The lowest BCUT2D eigenvalue weighted by Gasteiger charge is -2.34. The molecule has 1 aromatic heterocycles. The number of rotatable bonds is 3. The standard InChI is InChI=1S/C12H17N3O3/c1-13-9-11(16)14-4-6-15(7-5-14)12(17)10-3-2-8-18-10/h2-3,8,13H,4-7,9H2,1H3. The van der Waals surface area contributed by atoms with Crippen molar-refractivity contribution in [2.24, 2.45) is 0 Å². The maximum absolute atomic E-state index is 12.0. The maximum atomic E-state index is 12.0. The normalized spacial score (nSPS) is 15.8. The quantitative estimate of drug-likeness (QED) is 0.807. The minimum absolute atomic E-state index is 0.0718. The van der Waals surface area contributed by atoms with E-state index in [4.69, 9.17) is 4.42 Å². The molecule has 18 heavy (non-hydrogen) atoms. The fraction of sp³-hybridized carbons (Fsp3) is 0.500. The van der Waals surface area contributed by atoms with E-state index >= 15 is 0 Å². The molecule has 0 saturated carbocycles. The third-order valence-electron chi connectivity index (χ3n) is 2.98. The first-order chi connectivity index (χ1) is 8.72. The molecular weight excluding hydrogens is 234 g/mol. The zero-order valence-corrected chi connectivity index (χ0v) is 10.4. The van der Waals surface area contributed by atoms with Gasteiger partial charge in [-0.15, -0.1) is 0 Å². The van der Waals surface area contributed by atoms with Crippen molar-refractivity contribution in [2.75, 3.05) is 39.8 Å². The Morgan fingerprint density at radius 1 is 1.28 bits per heavy atom. The van der Waals surface area contributed by atoms with Gasteiger partial charge in [0.1, 0.15) is 0 Å². The zero-order valence-electron chi connectivity index (χ0n) is 10.4. The predicted octanol–water partition coefficient (Wildman–Crippen LogP) is -0.217. The van der Waals surface area contributed by atoms with E-state index in [2.05, 4.69) is 5.32 Å². The zero-order chi connectivity index (χ0) is 13.0. The van der Waals surface area contributed by atoms with E-state index in [0.29, 0.717) is 38.5 Å². The predicted molar refractivity (Wildman–Crippen MR) is 65.1 cm³/mol. The summed E-state index contributed by atoms with van der Waals surface area (Å²) in [5.41, 5.74) is 0. The van der Waals surface area contributed by atoms with Gasteiger partial charge in [0, 0.05) is 26.2 Å². The lowest BCUT2D eigenvalue weighted by molar-refractivity contribution is -0.131. The highest BCUT2D eigenvalue weighted by atomic mass is 16.3. The van der Waals surface area contributed by atoms with Crippen LogP contribution in [0.2, 0.25) is 0 Å². The van der Waals surface area contributed by atoms with Crippen molar-refractivity contribution >= 4 is 11.8 Å². The van der Waals surface area contributed by atoms with Crippen LogP contribution in [-0.4, -0.2) is 61.4 Å². The van der Waals surface area contributed by atoms with Gasteiger partial charge >= 0.3 is 0 Å². The summed E-state index contributed by atoms with van der Waals surface area (Å²) in [4.78, 5) is 27.1. The van der Waals surface area contributed by atoms with Gasteiger partial charge in [0.15, 0.2) is 5.76 Å². The van der Waals surface area contributed by atoms with Crippen LogP contribution in [0.25, 0.3) is 0 Å². The highest BCUT2D eigenvalue weighted by Gasteiger charge is 2.25. The number of furan rings is 1. The Morgan fingerprint density at radius 3 is 2.50 bits per heavy atom. The van der Waals surface area contributed by atoms with E-state index in [1.165, 1.54) is 6.26 Å². The van der Waals surface area contributed by atoms with E-state index < -0.39 is 0 Å². The van der Waals surface area contributed by atoms with E-state index in [0.717, 1.165) is 0 Å². The first-order valence-electron chi connectivity index (χ1n) is 5.97. The van der Waals surface area contributed by atoms with Gasteiger partial charge in [-0.1, -0.05) is 0 Å². The molecule has 0 aromatic carbocycles. The molecule has 1 aromatic rings. The van der Waals surface area contributed by atoms with E-state index in [1.54, 1.807) is 29.0 Å². The first kappa shape index (κ1) is 12.6. The van der Waals surface area contributed by atoms with Crippen molar-refractivity contribution in [2.45, 2.75) is 0 Å². The number of hydrogen-bond donors (Lipinski definition) is 1. The topological polar surface area (TPSA) is 65.8 Å².